The fourth-order valence-corrected chi connectivity index (χ4v) is 5.23. The van der Waals surface area contributed by atoms with Gasteiger partial charge in [-0.15, -0.1) is 0 Å². The third kappa shape index (κ3) is 3.84. The minimum Gasteiger partial charge on any atom is -0.360 e. The molecule has 1 saturated heterocycles. The third-order valence-corrected chi connectivity index (χ3v) is 6.90. The van der Waals surface area contributed by atoms with Gasteiger partial charge in [0, 0.05) is 23.6 Å². The molecule has 0 unspecified atom stereocenters. The number of amides is 1. The van der Waals surface area contributed by atoms with Gasteiger partial charge in [-0.1, -0.05) is 17.3 Å². The molecule has 1 aromatic carbocycles. The van der Waals surface area contributed by atoms with Gasteiger partial charge in [0.25, 0.3) is 5.91 Å². The van der Waals surface area contributed by atoms with Crippen molar-refractivity contribution in [2.75, 3.05) is 13.1 Å². The Morgan fingerprint density at radius 1 is 1.27 bits per heavy atom. The summed E-state index contributed by atoms with van der Waals surface area (Å²) in [5.41, 5.74) is 0.957. The molecule has 140 valence electrons. The molecule has 0 radical (unpaired) electrons. The number of carbonyl (C=O) groups excluding carboxylic acids is 1. The van der Waals surface area contributed by atoms with Crippen LogP contribution in [-0.4, -0.2) is 43.5 Å². The zero-order valence-electron chi connectivity index (χ0n) is 14.5. The van der Waals surface area contributed by atoms with Gasteiger partial charge in [0.05, 0.1) is 5.56 Å². The van der Waals surface area contributed by atoms with Crippen molar-refractivity contribution in [1.82, 2.24) is 14.8 Å². The summed E-state index contributed by atoms with van der Waals surface area (Å²) in [5, 5.41) is 3.70. The topological polar surface area (TPSA) is 92.5 Å². The molecule has 1 aromatic heterocycles. The van der Waals surface area contributed by atoms with Gasteiger partial charge in [-0.2, -0.15) is 0 Å². The molecule has 26 heavy (non-hydrogen) atoms. The number of halogens is 1. The molecule has 0 spiro atoms. The van der Waals surface area contributed by atoms with E-state index in [1.807, 2.05) is 18.2 Å². The highest BCUT2D eigenvalue weighted by Crippen LogP contribution is 2.23. The Morgan fingerprint density at radius 3 is 2.50 bits per heavy atom. The van der Waals surface area contributed by atoms with E-state index in [9.17, 15) is 13.2 Å². The van der Waals surface area contributed by atoms with Gasteiger partial charge in [0.2, 0.25) is 10.0 Å². The number of benzene rings is 1. The summed E-state index contributed by atoms with van der Waals surface area (Å²) >= 11 is 3.40. The van der Waals surface area contributed by atoms with Gasteiger partial charge < -0.3 is 9.42 Å². The lowest BCUT2D eigenvalue weighted by molar-refractivity contribution is 0.0710. The Morgan fingerprint density at radius 2 is 1.92 bits per heavy atom. The van der Waals surface area contributed by atoms with Crippen LogP contribution in [0.2, 0.25) is 0 Å². The number of sulfonamides is 1. The number of nitrogens with zero attached hydrogens (tertiary/aromatic N) is 2. The molecule has 2 heterocycles. The van der Waals surface area contributed by atoms with Crippen LogP contribution in [-0.2, 0) is 10.0 Å². The van der Waals surface area contributed by atoms with Crippen LogP contribution in [0, 0.1) is 13.8 Å². The number of hydrogen-bond donors (Lipinski definition) is 1. The van der Waals surface area contributed by atoms with Gasteiger partial charge in [-0.3, -0.25) is 4.79 Å². The van der Waals surface area contributed by atoms with Gasteiger partial charge in [0.1, 0.15) is 10.6 Å². The molecule has 7 nitrogen and oxygen atoms in total. The minimum absolute atomic E-state index is 0.0514. The molecule has 0 bridgehead atoms. The molecule has 2 aromatic rings. The molecule has 0 saturated carbocycles. The zero-order chi connectivity index (χ0) is 18.9. The van der Waals surface area contributed by atoms with Crippen LogP contribution in [0.25, 0.3) is 0 Å². The number of rotatable bonds is 4. The van der Waals surface area contributed by atoms with Gasteiger partial charge in [-0.25, -0.2) is 13.1 Å². The highest BCUT2D eigenvalue weighted by atomic mass is 79.9. The first-order valence-electron chi connectivity index (χ1n) is 8.28. The van der Waals surface area contributed by atoms with Crippen LogP contribution in [0.15, 0.2) is 38.2 Å². The van der Waals surface area contributed by atoms with E-state index in [0.717, 1.165) is 4.47 Å². The minimum atomic E-state index is -3.69. The number of likely N-dealkylation sites (tertiary alicyclic amines) is 1. The molecule has 1 aliphatic rings. The molecule has 0 atom stereocenters. The maximum Gasteiger partial charge on any atom is 0.254 e. The van der Waals surface area contributed by atoms with Crippen molar-refractivity contribution in [3.05, 3.63) is 45.8 Å². The van der Waals surface area contributed by atoms with Crippen LogP contribution in [0.1, 0.15) is 34.7 Å². The molecule has 1 fully saturated rings. The van der Waals surface area contributed by atoms with E-state index in [2.05, 4.69) is 25.8 Å². The van der Waals surface area contributed by atoms with E-state index in [1.54, 1.807) is 24.8 Å². The van der Waals surface area contributed by atoms with E-state index in [1.165, 1.54) is 0 Å². The largest absolute Gasteiger partial charge is 0.360 e. The number of carbonyl (C=O) groups is 1. The number of aryl methyl sites for hydroxylation is 2. The highest BCUT2D eigenvalue weighted by Gasteiger charge is 2.30. The monoisotopic (exact) mass is 441 g/mol. The maximum absolute atomic E-state index is 12.6. The first kappa shape index (κ1) is 19.1. The Kier molecular flexibility index (Phi) is 5.50. The summed E-state index contributed by atoms with van der Waals surface area (Å²) in [6.45, 7) is 4.17. The van der Waals surface area contributed by atoms with Crippen molar-refractivity contribution in [3.63, 3.8) is 0 Å². The fourth-order valence-electron chi connectivity index (χ4n) is 3.14. The number of hydrogen-bond acceptors (Lipinski definition) is 5. The van der Waals surface area contributed by atoms with Crippen LogP contribution in [0.4, 0.5) is 0 Å². The summed E-state index contributed by atoms with van der Waals surface area (Å²) in [7, 11) is -3.69. The predicted octanol–water partition coefficient (Wildman–Crippen LogP) is 2.64. The van der Waals surface area contributed by atoms with E-state index < -0.39 is 10.0 Å². The summed E-state index contributed by atoms with van der Waals surface area (Å²) in [6, 6.07) is 7.06. The average Bonchev–Trinajstić information content (AvgIpc) is 2.94. The predicted molar refractivity (Wildman–Crippen MR) is 99.4 cm³/mol. The summed E-state index contributed by atoms with van der Waals surface area (Å²) in [6.07, 6.45) is 1.11. The van der Waals surface area contributed by atoms with Crippen LogP contribution < -0.4 is 4.72 Å². The van der Waals surface area contributed by atoms with Gasteiger partial charge in [0.15, 0.2) is 5.76 Å². The van der Waals surface area contributed by atoms with Crippen molar-refractivity contribution in [1.29, 1.82) is 0 Å². The van der Waals surface area contributed by atoms with E-state index in [0.29, 0.717) is 37.2 Å². The second kappa shape index (κ2) is 7.50. The van der Waals surface area contributed by atoms with Crippen molar-refractivity contribution in [3.8, 4) is 0 Å². The molecule has 3 rings (SSSR count). The number of aromatic nitrogens is 1. The SMILES string of the molecule is Cc1noc(C)c1S(=O)(=O)NC1CCN(C(=O)c2ccccc2Br)CC1. The van der Waals surface area contributed by atoms with E-state index in [-0.39, 0.29) is 22.6 Å². The normalized spacial score (nSPS) is 16.0. The van der Waals surface area contributed by atoms with Gasteiger partial charge >= 0.3 is 0 Å². The molecular weight excluding hydrogens is 422 g/mol. The molecular formula is C17H20BrN3O4S. The zero-order valence-corrected chi connectivity index (χ0v) is 16.9. The Balaban J connectivity index is 1.64. The molecule has 1 N–H and O–H groups in total. The second-order valence-corrected chi connectivity index (χ2v) is 8.83. The first-order valence-corrected chi connectivity index (χ1v) is 10.6. The number of piperidine rings is 1. The summed E-state index contributed by atoms with van der Waals surface area (Å²) < 4.78 is 33.6. The summed E-state index contributed by atoms with van der Waals surface area (Å²) in [5.74, 6) is 0.223. The van der Waals surface area contributed by atoms with Crippen molar-refractivity contribution in [2.45, 2.75) is 37.6 Å². The highest BCUT2D eigenvalue weighted by molar-refractivity contribution is 9.10. The average molecular weight is 442 g/mol. The quantitative estimate of drug-likeness (QED) is 0.786. The summed E-state index contributed by atoms with van der Waals surface area (Å²) in [4.78, 5) is 14.5. The van der Waals surface area contributed by atoms with Crippen molar-refractivity contribution >= 4 is 31.9 Å². The number of nitrogens with one attached hydrogen (secondary N) is 1. The molecule has 1 amide bonds. The lowest BCUT2D eigenvalue weighted by atomic mass is 10.0. The lowest BCUT2D eigenvalue weighted by Crippen LogP contribution is -2.46. The second-order valence-electron chi connectivity index (χ2n) is 6.32. The van der Waals surface area contributed by atoms with Gasteiger partial charge in [-0.05, 0) is 54.8 Å². The first-order chi connectivity index (χ1) is 12.3. The fraction of sp³-hybridized carbons (Fsp3) is 0.412. The Labute approximate surface area is 160 Å². The van der Waals surface area contributed by atoms with E-state index >= 15 is 0 Å². The van der Waals surface area contributed by atoms with Crippen molar-refractivity contribution < 1.29 is 17.7 Å². The smallest absolute Gasteiger partial charge is 0.254 e. The Bertz CT molecular complexity index is 898. The Hall–Kier alpha value is -1.71. The standard InChI is InChI=1S/C17H20BrN3O4S/c1-11-16(12(2)25-19-11)26(23,24)20-13-7-9-21(10-8-13)17(22)14-5-3-4-6-15(14)18/h3-6,13,20H,7-10H2,1-2H3. The maximum atomic E-state index is 12.6. The lowest BCUT2D eigenvalue weighted by Gasteiger charge is -2.32. The molecule has 1 aliphatic heterocycles. The third-order valence-electron chi connectivity index (χ3n) is 4.44. The van der Waals surface area contributed by atoms with Crippen LogP contribution in [0.5, 0.6) is 0 Å². The molecule has 9 heteroatoms. The molecule has 0 aliphatic carbocycles. The van der Waals surface area contributed by atoms with Crippen LogP contribution >= 0.6 is 15.9 Å². The van der Waals surface area contributed by atoms with E-state index in [4.69, 9.17) is 4.52 Å². The van der Waals surface area contributed by atoms with Crippen LogP contribution in [0.3, 0.4) is 0 Å². The van der Waals surface area contributed by atoms with Crippen molar-refractivity contribution in [2.24, 2.45) is 0 Å².